The van der Waals surface area contributed by atoms with Crippen molar-refractivity contribution in [1.82, 2.24) is 19.6 Å². The second kappa shape index (κ2) is 8.58. The van der Waals surface area contributed by atoms with Crippen molar-refractivity contribution in [2.75, 3.05) is 5.32 Å². The zero-order chi connectivity index (χ0) is 22.8. The molecule has 31 heavy (non-hydrogen) atoms. The number of aryl methyl sites for hydroxylation is 3. The lowest BCUT2D eigenvalue weighted by molar-refractivity contribution is -0.385. The third-order valence-corrected chi connectivity index (χ3v) is 4.52. The second-order valence-corrected chi connectivity index (χ2v) is 6.94. The molecule has 0 aliphatic rings. The summed E-state index contributed by atoms with van der Waals surface area (Å²) < 4.78 is 41.5. The van der Waals surface area contributed by atoms with Crippen LogP contribution in [0.2, 0.25) is 0 Å². The molecule has 0 radical (unpaired) electrons. The summed E-state index contributed by atoms with van der Waals surface area (Å²) in [5, 5.41) is 21.7. The number of alkyl halides is 3. The number of carbonyl (C=O) groups is 1. The van der Waals surface area contributed by atoms with Gasteiger partial charge >= 0.3 is 11.9 Å². The number of hydrogen-bond donors (Lipinski definition) is 1. The smallest absolute Gasteiger partial charge is 0.309 e. The number of nitrogens with zero attached hydrogens (tertiary/aromatic N) is 5. The largest absolute Gasteiger partial charge is 0.416 e. The first-order chi connectivity index (χ1) is 14.5. The summed E-state index contributed by atoms with van der Waals surface area (Å²) in [6.45, 7) is 3.49. The zero-order valence-electron chi connectivity index (χ0n) is 16.7. The molecule has 1 amide bonds. The monoisotopic (exact) mass is 436 g/mol. The van der Waals surface area contributed by atoms with Crippen LogP contribution in [0.25, 0.3) is 0 Å². The van der Waals surface area contributed by atoms with Gasteiger partial charge in [-0.05, 0) is 31.5 Å². The Hall–Kier alpha value is -3.70. The molecule has 3 rings (SSSR count). The summed E-state index contributed by atoms with van der Waals surface area (Å²) >= 11 is 0. The standard InChI is InChI=1S/C19H19F3N6O3/c1-12-8-17(23-18(29)6-7-26-11-16(28(30)31)13(2)24-26)25-27(12)10-14-4-3-5-15(9-14)19(20,21)22/h3-5,8-9,11H,6-7,10H2,1-2H3,(H,23,25,29). The number of halogens is 3. The minimum absolute atomic E-state index is 0.0117. The van der Waals surface area contributed by atoms with Crippen molar-refractivity contribution < 1.29 is 22.9 Å². The van der Waals surface area contributed by atoms with E-state index in [0.717, 1.165) is 12.1 Å². The van der Waals surface area contributed by atoms with Crippen LogP contribution in [0.5, 0.6) is 0 Å². The van der Waals surface area contributed by atoms with Gasteiger partial charge in [0, 0.05) is 24.7 Å². The molecule has 0 atom stereocenters. The van der Waals surface area contributed by atoms with Gasteiger partial charge in [0.2, 0.25) is 5.91 Å². The zero-order valence-corrected chi connectivity index (χ0v) is 16.7. The first-order valence-electron chi connectivity index (χ1n) is 9.22. The summed E-state index contributed by atoms with van der Waals surface area (Å²) in [5.41, 5.74) is 0.483. The second-order valence-electron chi connectivity index (χ2n) is 6.94. The van der Waals surface area contributed by atoms with Crippen LogP contribution in [0, 0.1) is 24.0 Å². The van der Waals surface area contributed by atoms with Crippen LogP contribution in [0.3, 0.4) is 0 Å². The predicted molar refractivity (Wildman–Crippen MR) is 104 cm³/mol. The molecule has 12 heteroatoms. The molecule has 164 valence electrons. The number of amides is 1. The van der Waals surface area contributed by atoms with Crippen molar-refractivity contribution in [3.8, 4) is 0 Å². The average Bonchev–Trinajstić information content (AvgIpc) is 3.22. The van der Waals surface area contributed by atoms with E-state index >= 15 is 0 Å². The topological polar surface area (TPSA) is 108 Å². The third kappa shape index (κ3) is 5.47. The lowest BCUT2D eigenvalue weighted by Crippen LogP contribution is -2.15. The molecule has 0 fully saturated rings. The molecule has 0 aliphatic heterocycles. The normalized spacial score (nSPS) is 11.5. The quantitative estimate of drug-likeness (QED) is 0.449. The molecule has 0 saturated carbocycles. The van der Waals surface area contributed by atoms with E-state index in [1.807, 2.05) is 0 Å². The molecule has 9 nitrogen and oxygen atoms in total. The summed E-state index contributed by atoms with van der Waals surface area (Å²) in [6, 6.07) is 6.57. The Kier molecular flexibility index (Phi) is 6.09. The molecular formula is C19H19F3N6O3. The number of nitro groups is 1. The van der Waals surface area contributed by atoms with E-state index in [0.29, 0.717) is 11.3 Å². The number of hydrogen-bond acceptors (Lipinski definition) is 5. The molecule has 2 aromatic heterocycles. The van der Waals surface area contributed by atoms with E-state index in [9.17, 15) is 28.1 Å². The lowest BCUT2D eigenvalue weighted by atomic mass is 10.1. The maximum atomic E-state index is 12.9. The highest BCUT2D eigenvalue weighted by molar-refractivity contribution is 5.89. The number of nitrogens with one attached hydrogen (secondary N) is 1. The SMILES string of the molecule is Cc1nn(CCC(=O)Nc2cc(C)n(Cc3cccc(C(F)(F)F)c3)n2)cc1[N+](=O)[O-]. The van der Waals surface area contributed by atoms with Crippen molar-refractivity contribution in [3.05, 3.63) is 69.2 Å². The van der Waals surface area contributed by atoms with E-state index in [1.165, 1.54) is 28.6 Å². The Bertz CT molecular complexity index is 1120. The number of anilines is 1. The van der Waals surface area contributed by atoms with Crippen LogP contribution < -0.4 is 5.32 Å². The summed E-state index contributed by atoms with van der Waals surface area (Å²) in [6.07, 6.45) is -3.16. The number of benzene rings is 1. The Morgan fingerprint density at radius 3 is 2.61 bits per heavy atom. The van der Waals surface area contributed by atoms with E-state index in [4.69, 9.17) is 0 Å². The Morgan fingerprint density at radius 1 is 1.23 bits per heavy atom. The fourth-order valence-corrected chi connectivity index (χ4v) is 2.97. The van der Waals surface area contributed by atoms with E-state index < -0.39 is 16.7 Å². The van der Waals surface area contributed by atoms with Gasteiger partial charge in [-0.3, -0.25) is 24.3 Å². The highest BCUT2D eigenvalue weighted by Crippen LogP contribution is 2.29. The summed E-state index contributed by atoms with van der Waals surface area (Å²) in [7, 11) is 0. The van der Waals surface area contributed by atoms with Crippen LogP contribution in [0.1, 0.15) is 28.9 Å². The van der Waals surface area contributed by atoms with Crippen molar-refractivity contribution in [1.29, 1.82) is 0 Å². The molecule has 0 saturated heterocycles. The maximum absolute atomic E-state index is 12.9. The minimum Gasteiger partial charge on any atom is -0.309 e. The Balaban J connectivity index is 1.61. The van der Waals surface area contributed by atoms with Crippen molar-refractivity contribution >= 4 is 17.4 Å². The van der Waals surface area contributed by atoms with Crippen LogP contribution in [-0.2, 0) is 24.1 Å². The van der Waals surface area contributed by atoms with Gasteiger partial charge in [-0.25, -0.2) is 0 Å². The number of aromatic nitrogens is 4. The van der Waals surface area contributed by atoms with Crippen LogP contribution in [0.4, 0.5) is 24.7 Å². The molecule has 0 aliphatic carbocycles. The van der Waals surface area contributed by atoms with Crippen molar-refractivity contribution in [3.63, 3.8) is 0 Å². The van der Waals surface area contributed by atoms with Crippen LogP contribution >= 0.6 is 0 Å². The lowest BCUT2D eigenvalue weighted by Gasteiger charge is -2.09. The molecule has 3 aromatic rings. The fourth-order valence-electron chi connectivity index (χ4n) is 2.97. The van der Waals surface area contributed by atoms with Gasteiger partial charge in [0.1, 0.15) is 11.9 Å². The third-order valence-electron chi connectivity index (χ3n) is 4.52. The van der Waals surface area contributed by atoms with Gasteiger partial charge in [-0.15, -0.1) is 0 Å². The average molecular weight is 436 g/mol. The fraction of sp³-hybridized carbons (Fsp3) is 0.316. The van der Waals surface area contributed by atoms with E-state index in [2.05, 4.69) is 15.5 Å². The molecule has 0 unspecified atom stereocenters. The van der Waals surface area contributed by atoms with Gasteiger partial charge in [-0.1, -0.05) is 12.1 Å². The summed E-state index contributed by atoms with van der Waals surface area (Å²) in [5.74, 6) is -0.114. The van der Waals surface area contributed by atoms with E-state index in [1.54, 1.807) is 19.1 Å². The highest BCUT2D eigenvalue weighted by atomic mass is 19.4. The van der Waals surface area contributed by atoms with Crippen molar-refractivity contribution in [2.24, 2.45) is 0 Å². The van der Waals surface area contributed by atoms with Gasteiger partial charge in [0.15, 0.2) is 5.82 Å². The molecule has 0 spiro atoms. The van der Waals surface area contributed by atoms with Gasteiger partial charge < -0.3 is 5.32 Å². The number of rotatable bonds is 7. The van der Waals surface area contributed by atoms with Gasteiger partial charge in [-0.2, -0.15) is 23.4 Å². The summed E-state index contributed by atoms with van der Waals surface area (Å²) in [4.78, 5) is 22.5. The minimum atomic E-state index is -4.43. The predicted octanol–water partition coefficient (Wildman–Crippen LogP) is 3.70. The molecule has 1 aromatic carbocycles. The van der Waals surface area contributed by atoms with Crippen LogP contribution in [-0.4, -0.2) is 30.4 Å². The Morgan fingerprint density at radius 2 is 1.97 bits per heavy atom. The van der Waals surface area contributed by atoms with Crippen LogP contribution in [0.15, 0.2) is 36.5 Å². The van der Waals surface area contributed by atoms with Gasteiger partial charge in [0.25, 0.3) is 0 Å². The Labute approximate surface area is 174 Å². The molecular weight excluding hydrogens is 417 g/mol. The molecule has 1 N–H and O–H groups in total. The van der Waals surface area contributed by atoms with Crippen molar-refractivity contribution in [2.45, 2.75) is 39.5 Å². The number of carbonyl (C=O) groups excluding carboxylic acids is 1. The maximum Gasteiger partial charge on any atom is 0.416 e. The molecule has 0 bridgehead atoms. The van der Waals surface area contributed by atoms with Gasteiger partial charge in [0.05, 0.1) is 17.0 Å². The highest BCUT2D eigenvalue weighted by Gasteiger charge is 2.30. The first-order valence-corrected chi connectivity index (χ1v) is 9.22. The first kappa shape index (κ1) is 22.0. The molecule has 2 heterocycles. The van der Waals surface area contributed by atoms with E-state index in [-0.39, 0.29) is 42.6 Å².